The first-order valence-electron chi connectivity index (χ1n) is 10.3. The Morgan fingerprint density at radius 1 is 1.03 bits per heavy atom. The largest absolute Gasteiger partial charge is 0.496 e. The fraction of sp³-hybridized carbons (Fsp3) is 0.478. The van der Waals surface area contributed by atoms with E-state index in [1.165, 1.54) is 7.11 Å². The van der Waals surface area contributed by atoms with Crippen LogP contribution >= 0.6 is 0 Å². The summed E-state index contributed by atoms with van der Waals surface area (Å²) in [5.41, 5.74) is -1.88. The molecule has 0 saturated carbocycles. The zero-order valence-corrected chi connectivity index (χ0v) is 17.5. The van der Waals surface area contributed by atoms with Gasteiger partial charge in [-0.2, -0.15) is 26.3 Å². The molecule has 3 rings (SSSR count). The molecule has 2 aromatic carbocycles. The molecule has 0 spiro atoms. The van der Waals surface area contributed by atoms with Crippen LogP contribution in [-0.4, -0.2) is 36.3 Å². The van der Waals surface area contributed by atoms with E-state index >= 15 is 0 Å². The van der Waals surface area contributed by atoms with Gasteiger partial charge in [0.05, 0.1) is 24.3 Å². The van der Waals surface area contributed by atoms with Gasteiger partial charge in [-0.3, -0.25) is 4.90 Å². The van der Waals surface area contributed by atoms with Crippen LogP contribution in [0.25, 0.3) is 0 Å². The molecule has 1 saturated heterocycles. The molecule has 176 valence electrons. The number of benzene rings is 2. The number of aliphatic hydroxyl groups is 1. The number of piperidine rings is 1. The lowest BCUT2D eigenvalue weighted by molar-refractivity contribution is -0.143. The van der Waals surface area contributed by atoms with Gasteiger partial charge in [0, 0.05) is 18.2 Å². The summed E-state index contributed by atoms with van der Waals surface area (Å²) in [5, 5.41) is 10.1. The lowest BCUT2D eigenvalue weighted by Gasteiger charge is -2.37. The lowest BCUT2D eigenvalue weighted by Crippen LogP contribution is -2.41. The number of β-amino-alcohol motifs (C(OH)–C–C–N with tert-alkyl or cyclic N) is 1. The number of hydrogen-bond acceptors (Lipinski definition) is 3. The lowest BCUT2D eigenvalue weighted by atomic mass is 9.93. The fourth-order valence-electron chi connectivity index (χ4n) is 4.21. The van der Waals surface area contributed by atoms with Crippen LogP contribution in [0.1, 0.15) is 47.6 Å². The Morgan fingerprint density at radius 3 is 2.22 bits per heavy atom. The van der Waals surface area contributed by atoms with Gasteiger partial charge in [0.1, 0.15) is 5.75 Å². The molecule has 32 heavy (non-hydrogen) atoms. The third-order valence-electron chi connectivity index (χ3n) is 5.72. The molecule has 2 aromatic rings. The van der Waals surface area contributed by atoms with Crippen LogP contribution in [0.5, 0.6) is 5.75 Å². The van der Waals surface area contributed by atoms with Crippen molar-refractivity contribution in [3.05, 3.63) is 64.7 Å². The zero-order chi connectivity index (χ0) is 23.5. The topological polar surface area (TPSA) is 32.7 Å². The van der Waals surface area contributed by atoms with Crippen molar-refractivity contribution >= 4 is 0 Å². The number of methoxy groups -OCH3 is 1. The van der Waals surface area contributed by atoms with E-state index in [4.69, 9.17) is 4.74 Å². The minimum absolute atomic E-state index is 0.00229. The molecule has 0 aromatic heterocycles. The molecule has 2 atom stereocenters. The van der Waals surface area contributed by atoms with E-state index in [1.54, 1.807) is 18.2 Å². The minimum atomic E-state index is -4.88. The number of nitrogens with zero attached hydrogens (tertiary/aromatic N) is 1. The maximum atomic E-state index is 13.2. The van der Waals surface area contributed by atoms with Crippen LogP contribution in [0.3, 0.4) is 0 Å². The third-order valence-corrected chi connectivity index (χ3v) is 5.72. The highest BCUT2D eigenvalue weighted by Gasteiger charge is 2.37. The molecule has 3 nitrogen and oxygen atoms in total. The first-order chi connectivity index (χ1) is 15.0. The highest BCUT2D eigenvalue weighted by molar-refractivity contribution is 5.37. The molecule has 1 aliphatic heterocycles. The number of halogens is 6. The average Bonchev–Trinajstić information content (AvgIpc) is 2.73. The van der Waals surface area contributed by atoms with Crippen molar-refractivity contribution in [2.24, 2.45) is 0 Å². The molecule has 9 heteroatoms. The van der Waals surface area contributed by atoms with Crippen molar-refractivity contribution in [1.29, 1.82) is 0 Å². The Balaban J connectivity index is 1.94. The van der Waals surface area contributed by atoms with E-state index in [1.807, 2.05) is 11.0 Å². The summed E-state index contributed by atoms with van der Waals surface area (Å²) in [4.78, 5) is 2.02. The number of likely N-dealkylation sites (tertiary alicyclic amines) is 1. The summed E-state index contributed by atoms with van der Waals surface area (Å²) in [6.07, 6.45) is -8.63. The number of para-hydroxylation sites is 1. The SMILES string of the molecule is COc1ccccc1C(CCc1cc(C(F)(F)F)cc(C(F)(F)F)c1)N1CCCC(O)C1. The second-order valence-corrected chi connectivity index (χ2v) is 8.00. The summed E-state index contributed by atoms with van der Waals surface area (Å²) in [6, 6.07) is 8.54. The number of ether oxygens (including phenoxy) is 1. The molecule has 0 radical (unpaired) electrons. The predicted molar refractivity (Wildman–Crippen MR) is 107 cm³/mol. The summed E-state index contributed by atoms with van der Waals surface area (Å²) >= 11 is 0. The van der Waals surface area contributed by atoms with Crippen LogP contribution in [-0.2, 0) is 18.8 Å². The van der Waals surface area contributed by atoms with Gasteiger partial charge in [0.15, 0.2) is 0 Å². The Labute approximate surface area is 182 Å². The van der Waals surface area contributed by atoms with Gasteiger partial charge in [0.2, 0.25) is 0 Å². The van der Waals surface area contributed by atoms with Crippen molar-refractivity contribution in [2.75, 3.05) is 20.2 Å². The molecular formula is C23H25F6NO2. The van der Waals surface area contributed by atoms with E-state index in [2.05, 4.69) is 0 Å². The van der Waals surface area contributed by atoms with Crippen molar-refractivity contribution in [3.8, 4) is 5.75 Å². The average molecular weight is 461 g/mol. The minimum Gasteiger partial charge on any atom is -0.496 e. The number of hydrogen-bond donors (Lipinski definition) is 1. The fourth-order valence-corrected chi connectivity index (χ4v) is 4.21. The van der Waals surface area contributed by atoms with Crippen LogP contribution in [0.15, 0.2) is 42.5 Å². The maximum Gasteiger partial charge on any atom is 0.416 e. The monoisotopic (exact) mass is 461 g/mol. The number of aryl methyl sites for hydroxylation is 1. The van der Waals surface area contributed by atoms with Crippen molar-refractivity contribution < 1.29 is 36.2 Å². The van der Waals surface area contributed by atoms with Gasteiger partial charge in [-0.1, -0.05) is 18.2 Å². The number of rotatable bonds is 6. The summed E-state index contributed by atoms with van der Waals surface area (Å²) in [7, 11) is 1.50. The Morgan fingerprint density at radius 2 is 1.66 bits per heavy atom. The molecule has 0 amide bonds. The highest BCUT2D eigenvalue weighted by atomic mass is 19.4. The van der Waals surface area contributed by atoms with E-state index in [0.717, 1.165) is 24.1 Å². The number of aliphatic hydroxyl groups excluding tert-OH is 1. The van der Waals surface area contributed by atoms with Crippen LogP contribution in [0.2, 0.25) is 0 Å². The highest BCUT2D eigenvalue weighted by Crippen LogP contribution is 2.38. The maximum absolute atomic E-state index is 13.2. The Hall–Kier alpha value is -2.26. The molecule has 1 aliphatic rings. The van der Waals surface area contributed by atoms with Gasteiger partial charge in [-0.15, -0.1) is 0 Å². The standard InChI is InChI=1S/C23H25F6NO2/c1-32-21-7-3-2-6-19(21)20(30-10-4-5-18(31)14-30)9-8-15-11-16(22(24,25)26)13-17(12-15)23(27,28)29/h2-3,6-7,11-13,18,20,31H,4-5,8-10,14H2,1H3. The van der Waals surface area contributed by atoms with Gasteiger partial charge in [-0.05, 0) is 62.1 Å². The van der Waals surface area contributed by atoms with Crippen LogP contribution in [0, 0.1) is 0 Å². The van der Waals surface area contributed by atoms with E-state index in [9.17, 15) is 31.4 Å². The van der Waals surface area contributed by atoms with Gasteiger partial charge >= 0.3 is 12.4 Å². The number of alkyl halides is 6. The van der Waals surface area contributed by atoms with Gasteiger partial charge < -0.3 is 9.84 Å². The molecule has 0 bridgehead atoms. The van der Waals surface area contributed by atoms with Gasteiger partial charge in [0.25, 0.3) is 0 Å². The van der Waals surface area contributed by atoms with Crippen LogP contribution < -0.4 is 4.74 Å². The van der Waals surface area contributed by atoms with Gasteiger partial charge in [-0.25, -0.2) is 0 Å². The van der Waals surface area contributed by atoms with Crippen LogP contribution in [0.4, 0.5) is 26.3 Å². The van der Waals surface area contributed by atoms with E-state index in [0.29, 0.717) is 25.3 Å². The van der Waals surface area contributed by atoms with E-state index < -0.39 is 29.6 Å². The molecule has 2 unspecified atom stereocenters. The summed E-state index contributed by atoms with van der Waals surface area (Å²) < 4.78 is 84.7. The second kappa shape index (κ2) is 9.70. The quantitative estimate of drug-likeness (QED) is 0.547. The molecule has 0 aliphatic carbocycles. The van der Waals surface area contributed by atoms with Crippen molar-refractivity contribution in [3.63, 3.8) is 0 Å². The van der Waals surface area contributed by atoms with E-state index in [-0.39, 0.29) is 30.5 Å². The normalized spacial score (nSPS) is 19.1. The van der Waals surface area contributed by atoms with Crippen molar-refractivity contribution in [2.45, 2.75) is 50.2 Å². The molecule has 1 fully saturated rings. The second-order valence-electron chi connectivity index (χ2n) is 8.00. The molecule has 1 N–H and O–H groups in total. The summed E-state index contributed by atoms with van der Waals surface area (Å²) in [5.74, 6) is 0.581. The van der Waals surface area contributed by atoms with Crippen molar-refractivity contribution in [1.82, 2.24) is 4.90 Å². The summed E-state index contributed by atoms with van der Waals surface area (Å²) in [6.45, 7) is 1.04. The third kappa shape index (κ3) is 5.95. The Kier molecular flexibility index (Phi) is 7.39. The predicted octanol–water partition coefficient (Wildman–Crippen LogP) is 5.86. The smallest absolute Gasteiger partial charge is 0.416 e. The Bertz CT molecular complexity index is 880. The first kappa shape index (κ1) is 24.4. The molecular weight excluding hydrogens is 436 g/mol. The molecule has 1 heterocycles. The first-order valence-corrected chi connectivity index (χ1v) is 10.3. The zero-order valence-electron chi connectivity index (χ0n) is 17.5.